The van der Waals surface area contributed by atoms with Gasteiger partial charge in [0.25, 0.3) is 15.9 Å². The van der Waals surface area contributed by atoms with Gasteiger partial charge in [0.2, 0.25) is 0 Å². The van der Waals surface area contributed by atoms with Crippen molar-refractivity contribution in [3.05, 3.63) is 82.4 Å². The number of hydrogen-bond acceptors (Lipinski definition) is 4. The summed E-state index contributed by atoms with van der Waals surface area (Å²) in [5.74, 6) is -0.423. The van der Waals surface area contributed by atoms with E-state index in [9.17, 15) is 13.2 Å². The lowest BCUT2D eigenvalue weighted by Crippen LogP contribution is -2.16. The van der Waals surface area contributed by atoms with E-state index < -0.39 is 15.9 Å². The Morgan fingerprint density at radius 2 is 1.63 bits per heavy atom. The zero-order chi connectivity index (χ0) is 21.9. The van der Waals surface area contributed by atoms with Crippen LogP contribution in [0.2, 0.25) is 5.02 Å². The molecule has 0 saturated carbocycles. The molecule has 2 N–H and O–H groups in total. The molecule has 0 aliphatic heterocycles. The summed E-state index contributed by atoms with van der Waals surface area (Å²) in [5.41, 5.74) is 3.11. The predicted octanol–water partition coefficient (Wildman–Crippen LogP) is 5.73. The molecule has 0 aliphatic carbocycles. The summed E-state index contributed by atoms with van der Waals surface area (Å²) in [6.07, 6.45) is 1.94. The molecule has 0 atom stereocenters. The number of amides is 1. The number of carbonyl (C=O) groups is 1. The van der Waals surface area contributed by atoms with Crippen LogP contribution < -0.4 is 10.0 Å². The van der Waals surface area contributed by atoms with Crippen molar-refractivity contribution < 1.29 is 13.2 Å². The number of aryl methyl sites for hydroxylation is 2. The molecule has 5 nitrogen and oxygen atoms in total. The van der Waals surface area contributed by atoms with Crippen LogP contribution in [0.5, 0.6) is 0 Å². The lowest BCUT2D eigenvalue weighted by Gasteiger charge is -2.13. The van der Waals surface area contributed by atoms with Gasteiger partial charge in [-0.15, -0.1) is 11.8 Å². The number of hydrogen-bond donors (Lipinski definition) is 2. The fourth-order valence-electron chi connectivity index (χ4n) is 3.00. The Morgan fingerprint density at radius 1 is 0.933 bits per heavy atom. The summed E-state index contributed by atoms with van der Waals surface area (Å²) in [6.45, 7) is 3.77. The van der Waals surface area contributed by atoms with Crippen molar-refractivity contribution in [3.63, 3.8) is 0 Å². The first-order valence-corrected chi connectivity index (χ1v) is 12.1. The van der Waals surface area contributed by atoms with Crippen molar-refractivity contribution in [2.45, 2.75) is 23.6 Å². The molecule has 30 heavy (non-hydrogen) atoms. The third-order valence-corrected chi connectivity index (χ3v) is 6.87. The highest BCUT2D eigenvalue weighted by Gasteiger charge is 2.21. The second-order valence-electron chi connectivity index (χ2n) is 6.81. The van der Waals surface area contributed by atoms with Gasteiger partial charge >= 0.3 is 0 Å². The highest BCUT2D eigenvalue weighted by molar-refractivity contribution is 7.98. The average Bonchev–Trinajstić information content (AvgIpc) is 2.67. The van der Waals surface area contributed by atoms with Gasteiger partial charge in [0, 0.05) is 21.8 Å². The van der Waals surface area contributed by atoms with Gasteiger partial charge < -0.3 is 5.32 Å². The quantitative estimate of drug-likeness (QED) is 0.460. The smallest absolute Gasteiger partial charge is 0.263 e. The fraction of sp³-hybridized carbons (Fsp3) is 0.136. The molecular formula is C22H21ClN2O3S2. The van der Waals surface area contributed by atoms with Gasteiger partial charge in [-0.1, -0.05) is 23.7 Å². The molecule has 0 saturated heterocycles. The molecule has 0 bridgehead atoms. The SMILES string of the molecule is CSc1cccc(NC(=O)c2ccc(Cl)c(S(=O)(=O)Nc3cc(C)cc(C)c3)c2)c1. The molecule has 0 spiro atoms. The van der Waals surface area contributed by atoms with Crippen LogP contribution in [0.15, 0.2) is 70.5 Å². The Hall–Kier alpha value is -2.48. The van der Waals surface area contributed by atoms with E-state index in [-0.39, 0.29) is 15.5 Å². The van der Waals surface area contributed by atoms with Crippen LogP contribution in [0, 0.1) is 13.8 Å². The molecule has 3 aromatic carbocycles. The third kappa shape index (κ3) is 5.36. The van der Waals surface area contributed by atoms with E-state index >= 15 is 0 Å². The minimum atomic E-state index is -3.98. The summed E-state index contributed by atoms with van der Waals surface area (Å²) in [5, 5.41) is 2.82. The van der Waals surface area contributed by atoms with Crippen LogP contribution in [-0.4, -0.2) is 20.6 Å². The molecule has 8 heteroatoms. The first-order chi connectivity index (χ1) is 14.2. The van der Waals surface area contributed by atoms with Crippen molar-refractivity contribution >= 4 is 50.7 Å². The monoisotopic (exact) mass is 460 g/mol. The second kappa shape index (κ2) is 9.12. The minimum Gasteiger partial charge on any atom is -0.322 e. The maximum Gasteiger partial charge on any atom is 0.263 e. The maximum absolute atomic E-state index is 12.9. The molecule has 0 unspecified atom stereocenters. The third-order valence-electron chi connectivity index (χ3n) is 4.28. The Morgan fingerprint density at radius 3 is 2.30 bits per heavy atom. The maximum atomic E-state index is 12.9. The molecule has 1 amide bonds. The molecule has 0 aromatic heterocycles. The summed E-state index contributed by atoms with van der Waals surface area (Å²) in [6, 6.07) is 17.0. The van der Waals surface area contributed by atoms with Crippen LogP contribution in [0.25, 0.3) is 0 Å². The van der Waals surface area contributed by atoms with E-state index in [4.69, 9.17) is 11.6 Å². The van der Waals surface area contributed by atoms with Crippen molar-refractivity contribution in [2.24, 2.45) is 0 Å². The molecule has 3 aromatic rings. The number of sulfonamides is 1. The highest BCUT2D eigenvalue weighted by atomic mass is 35.5. The van der Waals surface area contributed by atoms with Crippen molar-refractivity contribution in [2.75, 3.05) is 16.3 Å². The van der Waals surface area contributed by atoms with E-state index in [2.05, 4.69) is 10.0 Å². The number of carbonyl (C=O) groups excluding carboxylic acids is 1. The Labute approximate surface area is 185 Å². The first kappa shape index (κ1) is 22.2. The molecule has 3 rings (SSSR count). The summed E-state index contributed by atoms with van der Waals surface area (Å²) in [4.78, 5) is 13.5. The Bertz CT molecular complexity index is 1190. The summed E-state index contributed by atoms with van der Waals surface area (Å²) < 4.78 is 28.4. The van der Waals surface area contributed by atoms with Gasteiger partial charge in [-0.25, -0.2) is 8.42 Å². The Kier molecular flexibility index (Phi) is 6.75. The van der Waals surface area contributed by atoms with Gasteiger partial charge in [0.05, 0.1) is 5.02 Å². The van der Waals surface area contributed by atoms with E-state index in [0.29, 0.717) is 11.4 Å². The highest BCUT2D eigenvalue weighted by Crippen LogP contribution is 2.27. The van der Waals surface area contributed by atoms with Crippen molar-refractivity contribution in [1.82, 2.24) is 0 Å². The number of nitrogens with one attached hydrogen (secondary N) is 2. The standard InChI is InChI=1S/C22H21ClN2O3S2/c1-14-9-15(2)11-18(10-14)25-30(27,28)21-12-16(7-8-20(21)23)22(26)24-17-5-4-6-19(13-17)29-3/h4-13,25H,1-3H3,(H,24,26). The molecule has 0 fully saturated rings. The average molecular weight is 461 g/mol. The van der Waals surface area contributed by atoms with Gasteiger partial charge in [-0.3, -0.25) is 9.52 Å². The van der Waals surface area contributed by atoms with Gasteiger partial charge in [0.15, 0.2) is 0 Å². The van der Waals surface area contributed by atoms with Gasteiger partial charge in [0.1, 0.15) is 4.90 Å². The largest absolute Gasteiger partial charge is 0.322 e. The Balaban J connectivity index is 1.89. The zero-order valence-corrected chi connectivity index (χ0v) is 19.1. The lowest BCUT2D eigenvalue weighted by molar-refractivity contribution is 0.102. The van der Waals surface area contributed by atoms with E-state index in [0.717, 1.165) is 16.0 Å². The fourth-order valence-corrected chi connectivity index (χ4v) is 5.03. The zero-order valence-electron chi connectivity index (χ0n) is 16.7. The lowest BCUT2D eigenvalue weighted by atomic mass is 10.1. The van der Waals surface area contributed by atoms with Crippen LogP contribution in [0.1, 0.15) is 21.5 Å². The van der Waals surface area contributed by atoms with E-state index in [1.54, 1.807) is 30.0 Å². The van der Waals surface area contributed by atoms with E-state index in [1.807, 2.05) is 44.4 Å². The second-order valence-corrected chi connectivity index (χ2v) is 9.75. The number of thioether (sulfide) groups is 1. The summed E-state index contributed by atoms with van der Waals surface area (Å²) in [7, 11) is -3.98. The molecule has 0 heterocycles. The molecule has 156 valence electrons. The number of anilines is 2. The molecule has 0 radical (unpaired) electrons. The van der Waals surface area contributed by atoms with Crippen LogP contribution in [0.4, 0.5) is 11.4 Å². The minimum absolute atomic E-state index is 0.0350. The summed E-state index contributed by atoms with van der Waals surface area (Å²) >= 11 is 7.72. The number of halogens is 1. The normalized spacial score (nSPS) is 11.2. The predicted molar refractivity (Wildman–Crippen MR) is 124 cm³/mol. The topological polar surface area (TPSA) is 75.3 Å². The van der Waals surface area contributed by atoms with E-state index in [1.165, 1.54) is 18.2 Å². The van der Waals surface area contributed by atoms with Gasteiger partial charge in [-0.05, 0) is 79.8 Å². The van der Waals surface area contributed by atoms with Crippen LogP contribution in [0.3, 0.4) is 0 Å². The number of rotatable bonds is 6. The van der Waals surface area contributed by atoms with Crippen molar-refractivity contribution in [1.29, 1.82) is 0 Å². The van der Waals surface area contributed by atoms with Gasteiger partial charge in [-0.2, -0.15) is 0 Å². The van der Waals surface area contributed by atoms with Crippen LogP contribution in [-0.2, 0) is 10.0 Å². The van der Waals surface area contributed by atoms with Crippen molar-refractivity contribution in [3.8, 4) is 0 Å². The molecular weight excluding hydrogens is 440 g/mol. The van der Waals surface area contributed by atoms with Crippen LogP contribution >= 0.6 is 23.4 Å². The number of benzene rings is 3. The molecule has 0 aliphatic rings. The first-order valence-electron chi connectivity index (χ1n) is 9.04.